The van der Waals surface area contributed by atoms with Gasteiger partial charge in [0.1, 0.15) is 24.0 Å². The molecule has 0 aliphatic heterocycles. The van der Waals surface area contributed by atoms with Crippen LogP contribution in [0.5, 0.6) is 5.75 Å². The predicted molar refractivity (Wildman–Crippen MR) is 85.6 cm³/mol. The van der Waals surface area contributed by atoms with Crippen LogP contribution < -0.4 is 4.74 Å². The average Bonchev–Trinajstić information content (AvgIpc) is 2.49. The van der Waals surface area contributed by atoms with Gasteiger partial charge in [-0.2, -0.15) is 0 Å². The summed E-state index contributed by atoms with van der Waals surface area (Å²) in [4.78, 5) is 11.0. The van der Waals surface area contributed by atoms with E-state index in [1.165, 1.54) is 18.9 Å². The van der Waals surface area contributed by atoms with Crippen LogP contribution in [-0.2, 0) is 4.74 Å². The Morgan fingerprint density at radius 2 is 1.91 bits per heavy atom. The number of carboxylic acids is 1. The van der Waals surface area contributed by atoms with Crippen LogP contribution in [0.4, 0.5) is 0 Å². The second-order valence-electron chi connectivity index (χ2n) is 4.90. The van der Waals surface area contributed by atoms with E-state index < -0.39 is 12.1 Å². The molecule has 1 rings (SSSR count). The van der Waals surface area contributed by atoms with Gasteiger partial charge in [-0.25, -0.2) is 4.79 Å². The van der Waals surface area contributed by atoms with E-state index in [1.807, 2.05) is 0 Å². The third-order valence-electron chi connectivity index (χ3n) is 3.00. The minimum atomic E-state index is -1.05. The van der Waals surface area contributed by atoms with Crippen LogP contribution in [0.1, 0.15) is 43.0 Å². The summed E-state index contributed by atoms with van der Waals surface area (Å²) in [5.74, 6) is -0.792. The zero-order valence-electron chi connectivity index (χ0n) is 13.5. The molecule has 0 aliphatic carbocycles. The van der Waals surface area contributed by atoms with Gasteiger partial charge in [0.05, 0.1) is 6.61 Å². The summed E-state index contributed by atoms with van der Waals surface area (Å²) in [6.07, 6.45) is 3.73. The topological polar surface area (TPSA) is 76.0 Å². The monoisotopic (exact) mass is 319 g/mol. The van der Waals surface area contributed by atoms with Crippen molar-refractivity contribution < 1.29 is 24.5 Å². The minimum Gasteiger partial charge on any atom is -0.490 e. The number of ether oxygens (including phenoxy) is 2. The number of benzene rings is 1. The SMILES string of the molecule is CCCCCCOCC(O)COc1ccccc1C(=O)O.[Na]. The zero-order valence-corrected chi connectivity index (χ0v) is 15.5. The van der Waals surface area contributed by atoms with Crippen molar-refractivity contribution in [1.82, 2.24) is 0 Å². The molecule has 22 heavy (non-hydrogen) atoms. The Morgan fingerprint density at radius 3 is 2.59 bits per heavy atom. The molecule has 0 spiro atoms. The molecule has 1 aromatic carbocycles. The second-order valence-corrected chi connectivity index (χ2v) is 4.90. The summed E-state index contributed by atoms with van der Waals surface area (Å²) in [6, 6.07) is 6.36. The number of para-hydroxylation sites is 1. The first-order valence-corrected chi connectivity index (χ1v) is 7.36. The fourth-order valence-corrected chi connectivity index (χ4v) is 1.85. The maximum absolute atomic E-state index is 11.0. The second kappa shape index (κ2) is 12.9. The molecule has 0 saturated heterocycles. The average molecular weight is 319 g/mol. The molecular weight excluding hydrogens is 295 g/mol. The van der Waals surface area contributed by atoms with E-state index in [1.54, 1.807) is 18.2 Å². The fourth-order valence-electron chi connectivity index (χ4n) is 1.85. The van der Waals surface area contributed by atoms with Gasteiger partial charge < -0.3 is 19.7 Å². The first kappa shape index (κ1) is 21.4. The number of hydrogen-bond donors (Lipinski definition) is 2. The Morgan fingerprint density at radius 1 is 1.18 bits per heavy atom. The molecule has 0 saturated carbocycles. The van der Waals surface area contributed by atoms with Crippen molar-refractivity contribution in [2.75, 3.05) is 19.8 Å². The zero-order chi connectivity index (χ0) is 15.5. The summed E-state index contributed by atoms with van der Waals surface area (Å²) in [5.41, 5.74) is 0.0881. The van der Waals surface area contributed by atoms with Crippen molar-refractivity contribution in [1.29, 1.82) is 0 Å². The fraction of sp³-hybridized carbons (Fsp3) is 0.562. The van der Waals surface area contributed by atoms with Gasteiger partial charge in [-0.15, -0.1) is 0 Å². The number of hydrogen-bond acceptors (Lipinski definition) is 4. The van der Waals surface area contributed by atoms with Gasteiger partial charge in [-0.3, -0.25) is 0 Å². The smallest absolute Gasteiger partial charge is 0.339 e. The van der Waals surface area contributed by atoms with Crippen LogP contribution in [-0.4, -0.2) is 71.7 Å². The van der Waals surface area contributed by atoms with Crippen LogP contribution in [0, 0.1) is 0 Å². The summed E-state index contributed by atoms with van der Waals surface area (Å²) >= 11 is 0. The van der Waals surface area contributed by atoms with E-state index in [4.69, 9.17) is 14.6 Å². The van der Waals surface area contributed by atoms with Crippen molar-refractivity contribution in [3.05, 3.63) is 29.8 Å². The third kappa shape index (κ3) is 8.76. The summed E-state index contributed by atoms with van der Waals surface area (Å²) in [7, 11) is 0. The molecule has 119 valence electrons. The van der Waals surface area contributed by atoms with E-state index >= 15 is 0 Å². The Bertz CT molecular complexity index is 425. The van der Waals surface area contributed by atoms with Crippen molar-refractivity contribution in [2.24, 2.45) is 0 Å². The summed E-state index contributed by atoms with van der Waals surface area (Å²) in [5, 5.41) is 18.8. The Kier molecular flexibility index (Phi) is 12.6. The summed E-state index contributed by atoms with van der Waals surface area (Å²) < 4.78 is 10.7. The molecule has 2 N–H and O–H groups in total. The number of rotatable bonds is 11. The van der Waals surface area contributed by atoms with Gasteiger partial charge in [0, 0.05) is 36.2 Å². The molecular formula is C16H24NaO5. The minimum absolute atomic E-state index is 0. The number of aromatic carboxylic acids is 1. The molecule has 0 aliphatic rings. The van der Waals surface area contributed by atoms with E-state index in [9.17, 15) is 9.90 Å². The van der Waals surface area contributed by atoms with Crippen LogP contribution in [0.2, 0.25) is 0 Å². The van der Waals surface area contributed by atoms with Gasteiger partial charge in [-0.1, -0.05) is 38.3 Å². The van der Waals surface area contributed by atoms with E-state index in [2.05, 4.69) is 6.92 Å². The van der Waals surface area contributed by atoms with E-state index in [0.717, 1.165) is 12.8 Å². The maximum Gasteiger partial charge on any atom is 0.339 e. The van der Waals surface area contributed by atoms with Crippen molar-refractivity contribution in [3.63, 3.8) is 0 Å². The molecule has 1 atom stereocenters. The largest absolute Gasteiger partial charge is 0.490 e. The molecule has 0 aromatic heterocycles. The van der Waals surface area contributed by atoms with Gasteiger partial charge >= 0.3 is 5.97 Å². The van der Waals surface area contributed by atoms with Gasteiger partial charge in [0.2, 0.25) is 0 Å². The van der Waals surface area contributed by atoms with Crippen molar-refractivity contribution in [3.8, 4) is 5.75 Å². The number of unbranched alkanes of at least 4 members (excludes halogenated alkanes) is 3. The molecule has 1 unspecified atom stereocenters. The van der Waals surface area contributed by atoms with Gasteiger partial charge in [-0.05, 0) is 18.6 Å². The predicted octanol–water partition coefficient (Wildman–Crippen LogP) is 2.34. The van der Waals surface area contributed by atoms with Crippen LogP contribution in [0.3, 0.4) is 0 Å². The Balaban J connectivity index is 0.00000441. The van der Waals surface area contributed by atoms with Crippen LogP contribution in [0.15, 0.2) is 24.3 Å². The van der Waals surface area contributed by atoms with Gasteiger partial charge in [0.25, 0.3) is 0 Å². The van der Waals surface area contributed by atoms with Crippen LogP contribution in [0.25, 0.3) is 0 Å². The van der Waals surface area contributed by atoms with Gasteiger partial charge in [0.15, 0.2) is 0 Å². The normalized spacial score (nSPS) is 11.5. The number of aliphatic hydroxyl groups is 1. The number of aliphatic hydroxyl groups excluding tert-OH is 1. The molecule has 0 fully saturated rings. The first-order valence-electron chi connectivity index (χ1n) is 7.36. The Labute approximate surface area is 153 Å². The Hall–Kier alpha value is -0.590. The van der Waals surface area contributed by atoms with Crippen LogP contribution >= 0.6 is 0 Å². The molecule has 1 radical (unpaired) electrons. The van der Waals surface area contributed by atoms with E-state index in [0.29, 0.717) is 6.61 Å². The van der Waals surface area contributed by atoms with Crippen molar-refractivity contribution in [2.45, 2.75) is 38.7 Å². The standard InChI is InChI=1S/C16H24O5.Na/c1-2-3-4-7-10-20-11-13(17)12-21-15-9-6-5-8-14(15)16(18)19;/h5-6,8-9,13,17H,2-4,7,10-12H2,1H3,(H,18,19);. The number of carboxylic acid groups (broad SMARTS) is 1. The summed E-state index contributed by atoms with van der Waals surface area (Å²) in [6.45, 7) is 2.99. The first-order chi connectivity index (χ1) is 10.1. The molecule has 0 bridgehead atoms. The maximum atomic E-state index is 11.0. The molecule has 0 amide bonds. The van der Waals surface area contributed by atoms with Crippen molar-refractivity contribution >= 4 is 35.5 Å². The quantitative estimate of drug-likeness (QED) is 0.484. The molecule has 1 aromatic rings. The molecule has 5 nitrogen and oxygen atoms in total. The molecule has 0 heterocycles. The number of carbonyl (C=O) groups is 1. The van der Waals surface area contributed by atoms with E-state index in [-0.39, 0.29) is 54.1 Å². The molecule has 6 heteroatoms. The third-order valence-corrected chi connectivity index (χ3v) is 3.00.